The van der Waals surface area contributed by atoms with Crippen LogP contribution in [0, 0.1) is 0 Å². The fraction of sp³-hybridized carbons (Fsp3) is 0. The van der Waals surface area contributed by atoms with Crippen molar-refractivity contribution >= 4 is 116 Å². The third-order valence-electron chi connectivity index (χ3n) is 11.4. The lowest BCUT2D eigenvalue weighted by Crippen LogP contribution is -2.10. The van der Waals surface area contributed by atoms with E-state index < -0.39 is 0 Å². The van der Waals surface area contributed by atoms with E-state index >= 15 is 0 Å². The van der Waals surface area contributed by atoms with Gasteiger partial charge in [-0.2, -0.15) is 0 Å². The summed E-state index contributed by atoms with van der Waals surface area (Å²) in [7, 11) is 0. The van der Waals surface area contributed by atoms with Crippen LogP contribution in [0.3, 0.4) is 0 Å². The van der Waals surface area contributed by atoms with Gasteiger partial charge in [0.25, 0.3) is 0 Å². The molecule has 5 nitrogen and oxygen atoms in total. The quantitative estimate of drug-likeness (QED) is 0.175. The zero-order chi connectivity index (χ0) is 34.4. The van der Waals surface area contributed by atoms with E-state index in [1.54, 1.807) is 0 Å². The maximum atomic E-state index is 6.44. The topological polar surface area (TPSA) is 38.3 Å². The molecule has 0 atom stereocenters. The second-order valence-corrected chi connectivity index (χ2v) is 14.1. The average molecular weight is 678 g/mol. The first-order valence-corrected chi connectivity index (χ1v) is 18.0. The van der Waals surface area contributed by atoms with E-state index in [0.717, 1.165) is 72.0 Å². The Morgan fingerprint density at radius 2 is 0.717 bits per heavy atom. The monoisotopic (exact) mass is 677 g/mol. The largest absolute Gasteiger partial charge is 0.456 e. The van der Waals surface area contributed by atoms with Gasteiger partial charge in [-0.1, -0.05) is 84.9 Å². The summed E-state index contributed by atoms with van der Waals surface area (Å²) in [6, 6.07) is 58.7. The molecule has 0 spiro atoms. The van der Waals surface area contributed by atoms with Crippen LogP contribution in [0.15, 0.2) is 173 Å². The molecule has 0 N–H and O–H groups in total. The molecule has 0 aliphatic rings. The second kappa shape index (κ2) is 9.75. The lowest BCUT2D eigenvalue weighted by Gasteiger charge is -2.26. The molecular weight excluding hydrogens is 651 g/mol. The van der Waals surface area contributed by atoms with E-state index in [1.165, 1.54) is 43.6 Å². The van der Waals surface area contributed by atoms with Crippen molar-refractivity contribution in [2.24, 2.45) is 0 Å². The third kappa shape index (κ3) is 3.51. The summed E-state index contributed by atoms with van der Waals surface area (Å²) >= 11 is 0. The van der Waals surface area contributed by atoms with Gasteiger partial charge in [-0.05, 0) is 66.7 Å². The van der Waals surface area contributed by atoms with Crippen LogP contribution in [-0.4, -0.2) is 8.80 Å². The first-order valence-electron chi connectivity index (χ1n) is 18.0. The Bertz CT molecular complexity index is 3540. The predicted octanol–water partition coefficient (Wildman–Crippen LogP) is 13.5. The van der Waals surface area contributed by atoms with Crippen LogP contribution in [0.5, 0.6) is 0 Å². The maximum absolute atomic E-state index is 6.44. The summed E-state index contributed by atoms with van der Waals surface area (Å²) in [5.74, 6) is 0. The summed E-state index contributed by atoms with van der Waals surface area (Å²) < 4.78 is 17.8. The van der Waals surface area contributed by atoms with Crippen molar-refractivity contribution < 1.29 is 8.83 Å². The van der Waals surface area contributed by atoms with Gasteiger partial charge in [0.2, 0.25) is 0 Å². The summed E-state index contributed by atoms with van der Waals surface area (Å²) in [5, 5.41) is 9.48. The molecule has 0 aliphatic heterocycles. The average Bonchev–Trinajstić information content (AvgIpc) is 3.95. The normalized spacial score (nSPS) is 12.5. The Hall–Kier alpha value is -7.24. The number of para-hydroxylation sites is 4. The lowest BCUT2D eigenvalue weighted by molar-refractivity contribution is 0.669. The Balaban J connectivity index is 1.15. The van der Waals surface area contributed by atoms with E-state index in [1.807, 2.05) is 24.3 Å². The first kappa shape index (κ1) is 27.5. The van der Waals surface area contributed by atoms with Crippen molar-refractivity contribution in [2.45, 2.75) is 0 Å². The van der Waals surface area contributed by atoms with Crippen molar-refractivity contribution in [3.8, 4) is 0 Å². The van der Waals surface area contributed by atoms with Gasteiger partial charge in [-0.25, -0.2) is 0 Å². The van der Waals surface area contributed by atoms with Gasteiger partial charge in [0.05, 0.1) is 33.1 Å². The van der Waals surface area contributed by atoms with E-state index in [2.05, 4.69) is 153 Å². The van der Waals surface area contributed by atoms with Gasteiger partial charge >= 0.3 is 0 Å². The Morgan fingerprint density at radius 1 is 0.302 bits per heavy atom. The summed E-state index contributed by atoms with van der Waals surface area (Å²) in [5.41, 5.74) is 13.7. The molecule has 0 aliphatic carbocycles. The minimum Gasteiger partial charge on any atom is -0.456 e. The molecule has 0 fully saturated rings. The van der Waals surface area contributed by atoms with Crippen LogP contribution < -0.4 is 4.90 Å². The number of rotatable bonds is 3. The smallest absolute Gasteiger partial charge is 0.137 e. The van der Waals surface area contributed by atoms with E-state index in [9.17, 15) is 0 Å². The molecule has 0 unspecified atom stereocenters. The van der Waals surface area contributed by atoms with Gasteiger partial charge in [-0.15, -0.1) is 0 Å². The van der Waals surface area contributed by atoms with Crippen LogP contribution in [0.2, 0.25) is 0 Å². The molecular formula is C48H27N3O2. The first-order chi connectivity index (χ1) is 26.3. The Labute approximate surface area is 301 Å². The number of hydrogen-bond donors (Lipinski definition) is 0. The summed E-state index contributed by atoms with van der Waals surface area (Å²) in [6.45, 7) is 0. The van der Waals surface area contributed by atoms with Gasteiger partial charge in [-0.3, -0.25) is 0 Å². The van der Waals surface area contributed by atoms with E-state index in [0.29, 0.717) is 0 Å². The minimum absolute atomic E-state index is 0.852. The van der Waals surface area contributed by atoms with Crippen LogP contribution >= 0.6 is 0 Å². The molecule has 0 saturated heterocycles. The van der Waals surface area contributed by atoms with Crippen molar-refractivity contribution in [1.82, 2.24) is 8.80 Å². The number of furan rings is 2. The molecule has 5 heteroatoms. The molecule has 0 amide bonds. The molecule has 0 saturated carbocycles. The van der Waals surface area contributed by atoms with Crippen molar-refractivity contribution in [3.63, 3.8) is 0 Å². The summed E-state index contributed by atoms with van der Waals surface area (Å²) in [6.07, 6.45) is 0. The van der Waals surface area contributed by atoms with Crippen LogP contribution in [0.4, 0.5) is 17.1 Å². The minimum atomic E-state index is 0.852. The molecule has 5 heterocycles. The number of fused-ring (bicyclic) bond motifs is 15. The molecule has 53 heavy (non-hydrogen) atoms. The van der Waals surface area contributed by atoms with Gasteiger partial charge in [0, 0.05) is 72.3 Å². The Morgan fingerprint density at radius 3 is 1.28 bits per heavy atom. The number of hydrogen-bond acceptors (Lipinski definition) is 3. The number of benzene rings is 8. The molecule has 246 valence electrons. The molecule has 0 bridgehead atoms. The fourth-order valence-electron chi connectivity index (χ4n) is 9.17. The van der Waals surface area contributed by atoms with Gasteiger partial charge < -0.3 is 22.5 Å². The lowest BCUT2D eigenvalue weighted by atomic mass is 10.1. The maximum Gasteiger partial charge on any atom is 0.137 e. The fourth-order valence-corrected chi connectivity index (χ4v) is 9.17. The molecule has 0 radical (unpaired) electrons. The highest BCUT2D eigenvalue weighted by atomic mass is 16.3. The third-order valence-corrected chi connectivity index (χ3v) is 11.4. The zero-order valence-electron chi connectivity index (χ0n) is 28.2. The number of anilines is 3. The van der Waals surface area contributed by atoms with Crippen molar-refractivity contribution in [3.05, 3.63) is 164 Å². The SMILES string of the molecule is c1ccc2c(c1)oc1cc(N(c3ccc4c(c3)oc3ccccc34)c3ccc4c(c3)n3c5ccccc5c5ccc6c7ccccc7n4c6c53)ccc12. The highest BCUT2D eigenvalue weighted by molar-refractivity contribution is 6.25. The molecule has 13 aromatic rings. The predicted molar refractivity (Wildman–Crippen MR) is 219 cm³/mol. The second-order valence-electron chi connectivity index (χ2n) is 14.1. The van der Waals surface area contributed by atoms with Crippen LogP contribution in [0.25, 0.3) is 98.5 Å². The van der Waals surface area contributed by atoms with Crippen molar-refractivity contribution in [1.29, 1.82) is 0 Å². The molecule has 13 rings (SSSR count). The van der Waals surface area contributed by atoms with Gasteiger partial charge in [0.15, 0.2) is 0 Å². The highest BCUT2D eigenvalue weighted by Crippen LogP contribution is 2.45. The highest BCUT2D eigenvalue weighted by Gasteiger charge is 2.23. The van der Waals surface area contributed by atoms with Gasteiger partial charge in [0.1, 0.15) is 22.3 Å². The standard InChI is InChI=1S/C48H27N3O2/c1-5-13-39-31(9-1)37-22-23-38-32-10-2-6-14-40(32)51-42-25-28(19-24-41(42)50(39)47(37)48(38)51)49(29-17-20-35-33-11-3-7-15-43(33)52-45(35)26-29)30-18-21-36-34-12-4-8-16-44(34)53-46(36)27-30/h1-27H. The van der Waals surface area contributed by atoms with E-state index in [4.69, 9.17) is 8.83 Å². The Kier molecular flexibility index (Phi) is 5.06. The molecule has 5 aromatic heterocycles. The molecule has 8 aromatic carbocycles. The van der Waals surface area contributed by atoms with Crippen molar-refractivity contribution in [2.75, 3.05) is 4.90 Å². The number of nitrogens with zero attached hydrogens (tertiary/aromatic N) is 3. The van der Waals surface area contributed by atoms with Crippen LogP contribution in [-0.2, 0) is 0 Å². The summed E-state index contributed by atoms with van der Waals surface area (Å²) in [4.78, 5) is 2.33. The van der Waals surface area contributed by atoms with E-state index in [-0.39, 0.29) is 0 Å². The zero-order valence-corrected chi connectivity index (χ0v) is 28.2. The van der Waals surface area contributed by atoms with Crippen LogP contribution in [0.1, 0.15) is 0 Å². The number of aromatic nitrogens is 2.